The Balaban J connectivity index is 0.00000103. The summed E-state index contributed by atoms with van der Waals surface area (Å²) < 4.78 is 70.3. The molecule has 0 saturated heterocycles. The highest BCUT2D eigenvalue weighted by atomic mass is 32.2. The van der Waals surface area contributed by atoms with Crippen LogP contribution in [-0.4, -0.2) is 16.6 Å². The molecule has 0 aromatic heterocycles. The summed E-state index contributed by atoms with van der Waals surface area (Å²) in [7, 11) is 0. The molecule has 190 valence electrons. The Bertz CT molecular complexity index is 1060. The lowest BCUT2D eigenvalue weighted by atomic mass is 10.0. The summed E-state index contributed by atoms with van der Waals surface area (Å²) in [4.78, 5) is 0.305. The maximum atomic E-state index is 14.1. The lowest BCUT2D eigenvalue weighted by Gasteiger charge is -2.22. The molecule has 4 rings (SSSR count). The molecule has 1 fully saturated rings. The van der Waals surface area contributed by atoms with Crippen molar-refractivity contribution in [3.8, 4) is 11.1 Å². The Morgan fingerprint density at radius 1 is 0.686 bits per heavy atom. The van der Waals surface area contributed by atoms with Gasteiger partial charge in [0.1, 0.15) is 4.90 Å². The molecule has 3 aromatic carbocycles. The molecule has 0 unspecified atom stereocenters. The van der Waals surface area contributed by atoms with Crippen LogP contribution in [0.2, 0.25) is 0 Å². The Morgan fingerprint density at radius 3 is 1.54 bits per heavy atom. The predicted molar refractivity (Wildman–Crippen MR) is 137 cm³/mol. The third-order valence-corrected chi connectivity index (χ3v) is 6.99. The molecule has 0 atom stereocenters. The largest absolute Gasteiger partial charge is 0.239 e. The zero-order valence-corrected chi connectivity index (χ0v) is 22.1. The molecule has 0 heterocycles. The zero-order chi connectivity index (χ0) is 26.1. The Hall–Kier alpha value is -2.03. The van der Waals surface area contributed by atoms with Crippen molar-refractivity contribution >= 4 is 23.7 Å². The molecule has 0 bridgehead atoms. The van der Waals surface area contributed by atoms with Crippen molar-refractivity contribution in [2.24, 2.45) is 0 Å². The van der Waals surface area contributed by atoms with Crippen LogP contribution >= 0.6 is 23.7 Å². The maximum absolute atomic E-state index is 14.1. The fourth-order valence-electron chi connectivity index (χ4n) is 3.15. The monoisotopic (exact) mass is 527 g/mol. The topological polar surface area (TPSA) is 3.24 Å². The second-order valence-corrected chi connectivity index (χ2v) is 9.16. The van der Waals surface area contributed by atoms with E-state index in [4.69, 9.17) is 0 Å². The summed E-state index contributed by atoms with van der Waals surface area (Å²) in [6, 6.07) is 15.9. The molecule has 35 heavy (non-hydrogen) atoms. The van der Waals surface area contributed by atoms with Crippen molar-refractivity contribution in [3.63, 3.8) is 0 Å². The smallest absolute Gasteiger partial charge is 0.200 e. The standard InChI is InChI=1S/C23H18F5NS2.2C2H6/c1-30-17-10-6-15(7-11-17)14-4-2-13(3-5-14)12-29(16-8-9-16)31-23-21(27)19(25)18(24)20(26)22(23)28;2*1-2/h2-7,10-11,16H,8-9,12H2,1H3;2*1-2H3. The Morgan fingerprint density at radius 2 is 1.11 bits per heavy atom. The van der Waals surface area contributed by atoms with Crippen molar-refractivity contribution in [3.05, 3.63) is 83.2 Å². The molecule has 0 aliphatic heterocycles. The third-order valence-electron chi connectivity index (χ3n) is 5.05. The molecular weight excluding hydrogens is 497 g/mol. The first-order valence-electron chi connectivity index (χ1n) is 11.6. The van der Waals surface area contributed by atoms with Crippen molar-refractivity contribution in [1.82, 2.24) is 4.31 Å². The van der Waals surface area contributed by atoms with Gasteiger partial charge in [-0.1, -0.05) is 64.1 Å². The van der Waals surface area contributed by atoms with Crippen LogP contribution in [0.3, 0.4) is 0 Å². The fourth-order valence-corrected chi connectivity index (χ4v) is 4.70. The van der Waals surface area contributed by atoms with Gasteiger partial charge in [-0.25, -0.2) is 26.3 Å². The molecule has 1 saturated carbocycles. The highest BCUT2D eigenvalue weighted by molar-refractivity contribution is 7.98. The summed E-state index contributed by atoms with van der Waals surface area (Å²) in [5.74, 6) is -9.58. The lowest BCUT2D eigenvalue weighted by molar-refractivity contribution is 0.358. The molecule has 1 nitrogen and oxygen atoms in total. The van der Waals surface area contributed by atoms with Crippen LogP contribution < -0.4 is 0 Å². The van der Waals surface area contributed by atoms with Crippen LogP contribution in [0, 0.1) is 29.1 Å². The molecule has 1 aliphatic rings. The summed E-state index contributed by atoms with van der Waals surface area (Å²) in [6.45, 7) is 8.32. The van der Waals surface area contributed by atoms with Gasteiger partial charge < -0.3 is 0 Å². The van der Waals surface area contributed by atoms with Crippen molar-refractivity contribution in [2.75, 3.05) is 6.26 Å². The highest BCUT2D eigenvalue weighted by Crippen LogP contribution is 2.40. The highest BCUT2D eigenvalue weighted by Gasteiger charge is 2.34. The number of benzene rings is 3. The number of halogens is 5. The van der Waals surface area contributed by atoms with Gasteiger partial charge in [0.15, 0.2) is 23.3 Å². The molecule has 8 heteroatoms. The van der Waals surface area contributed by atoms with E-state index in [1.165, 1.54) is 4.90 Å². The maximum Gasteiger partial charge on any atom is 0.200 e. The van der Waals surface area contributed by atoms with Crippen LogP contribution in [-0.2, 0) is 6.54 Å². The minimum Gasteiger partial charge on any atom is -0.239 e. The first-order valence-corrected chi connectivity index (χ1v) is 13.6. The van der Waals surface area contributed by atoms with Gasteiger partial charge in [-0.2, -0.15) is 0 Å². The average molecular weight is 528 g/mol. The first kappa shape index (κ1) is 29.2. The van der Waals surface area contributed by atoms with E-state index in [-0.39, 0.29) is 6.04 Å². The summed E-state index contributed by atoms with van der Waals surface area (Å²) in [5.41, 5.74) is 2.98. The van der Waals surface area contributed by atoms with E-state index in [0.717, 1.165) is 29.5 Å². The SMILES string of the molecule is CC.CC.CSc1ccc(-c2ccc(CN(Sc3c(F)c(F)c(F)c(F)c3F)C3CC3)cc2)cc1. The molecule has 3 aromatic rings. The van der Waals surface area contributed by atoms with E-state index in [1.807, 2.05) is 82.5 Å². The van der Waals surface area contributed by atoms with Crippen LogP contribution in [0.25, 0.3) is 11.1 Å². The fraction of sp³-hybridized carbons (Fsp3) is 0.333. The van der Waals surface area contributed by atoms with Gasteiger partial charge in [-0.15, -0.1) is 11.8 Å². The summed E-state index contributed by atoms with van der Waals surface area (Å²) in [5, 5.41) is 0. The minimum absolute atomic E-state index is 0.0266. The Labute approximate surface area is 213 Å². The minimum atomic E-state index is -2.14. The molecule has 0 amide bonds. The van der Waals surface area contributed by atoms with E-state index in [9.17, 15) is 22.0 Å². The number of rotatable bonds is 7. The molecule has 0 spiro atoms. The summed E-state index contributed by atoms with van der Waals surface area (Å²) in [6.07, 6.45) is 3.63. The Kier molecular flexibility index (Phi) is 11.6. The number of thioether (sulfide) groups is 1. The van der Waals surface area contributed by atoms with Gasteiger partial charge in [-0.05, 0) is 59.9 Å². The van der Waals surface area contributed by atoms with E-state index < -0.39 is 34.0 Å². The zero-order valence-electron chi connectivity index (χ0n) is 20.5. The van der Waals surface area contributed by atoms with Crippen LogP contribution in [0.5, 0.6) is 0 Å². The predicted octanol–water partition coefficient (Wildman–Crippen LogP) is 9.50. The second kappa shape index (κ2) is 13.9. The van der Waals surface area contributed by atoms with E-state index in [0.29, 0.717) is 18.5 Å². The number of nitrogens with zero attached hydrogens (tertiary/aromatic N) is 1. The molecule has 0 radical (unpaired) electrons. The second-order valence-electron chi connectivity index (χ2n) is 7.22. The summed E-state index contributed by atoms with van der Waals surface area (Å²) >= 11 is 2.25. The van der Waals surface area contributed by atoms with E-state index in [2.05, 4.69) is 0 Å². The van der Waals surface area contributed by atoms with Gasteiger partial charge in [0, 0.05) is 17.5 Å². The number of hydrogen-bond acceptors (Lipinski definition) is 3. The number of hydrogen-bond donors (Lipinski definition) is 0. The first-order chi connectivity index (χ1) is 16.9. The molecule has 1 aliphatic carbocycles. The van der Waals surface area contributed by atoms with E-state index in [1.54, 1.807) is 16.1 Å². The molecular formula is C27H30F5NS2. The quantitative estimate of drug-likeness (QED) is 0.0990. The van der Waals surface area contributed by atoms with Gasteiger partial charge >= 0.3 is 0 Å². The van der Waals surface area contributed by atoms with E-state index >= 15 is 0 Å². The molecule has 0 N–H and O–H groups in total. The van der Waals surface area contributed by atoms with Crippen LogP contribution in [0.15, 0.2) is 58.3 Å². The van der Waals surface area contributed by atoms with Gasteiger partial charge in [0.25, 0.3) is 0 Å². The average Bonchev–Trinajstić information content (AvgIpc) is 3.76. The van der Waals surface area contributed by atoms with Gasteiger partial charge in [-0.3, -0.25) is 0 Å². The van der Waals surface area contributed by atoms with Crippen molar-refractivity contribution < 1.29 is 22.0 Å². The lowest BCUT2D eigenvalue weighted by Crippen LogP contribution is -2.19. The van der Waals surface area contributed by atoms with Crippen LogP contribution in [0.1, 0.15) is 46.1 Å². The van der Waals surface area contributed by atoms with Gasteiger partial charge in [0.2, 0.25) is 5.82 Å². The third kappa shape index (κ3) is 7.24. The normalized spacial score (nSPS) is 12.5. The van der Waals surface area contributed by atoms with Crippen LogP contribution in [0.4, 0.5) is 22.0 Å². The van der Waals surface area contributed by atoms with Crippen molar-refractivity contribution in [1.29, 1.82) is 0 Å². The van der Waals surface area contributed by atoms with Crippen molar-refractivity contribution in [2.45, 2.75) is 62.9 Å². The van der Waals surface area contributed by atoms with Gasteiger partial charge in [0.05, 0.1) is 0 Å².